The number of ether oxygens (including phenoxy) is 3. The van der Waals surface area contributed by atoms with Crippen molar-refractivity contribution in [2.24, 2.45) is 7.05 Å². The van der Waals surface area contributed by atoms with Gasteiger partial charge in [0.2, 0.25) is 0 Å². The lowest BCUT2D eigenvalue weighted by Gasteiger charge is -2.15. The van der Waals surface area contributed by atoms with Gasteiger partial charge in [0.15, 0.2) is 17.0 Å². The first-order valence-corrected chi connectivity index (χ1v) is 14.7. The van der Waals surface area contributed by atoms with Crippen LogP contribution < -0.4 is 25.1 Å². The van der Waals surface area contributed by atoms with E-state index in [0.29, 0.717) is 65.0 Å². The van der Waals surface area contributed by atoms with Gasteiger partial charge in [-0.15, -0.1) is 0 Å². The van der Waals surface area contributed by atoms with Crippen LogP contribution in [0.15, 0.2) is 52.2 Å². The number of fused-ring (bicyclic) bond motifs is 1. The van der Waals surface area contributed by atoms with Gasteiger partial charge in [0.25, 0.3) is 16.7 Å². The summed E-state index contributed by atoms with van der Waals surface area (Å²) in [6.45, 7) is 4.60. The number of nitrogens with zero attached hydrogens (tertiary/aromatic N) is 4. The highest BCUT2D eigenvalue weighted by atomic mass is 32.2. The van der Waals surface area contributed by atoms with E-state index in [2.05, 4.69) is 17.3 Å². The van der Waals surface area contributed by atoms with Crippen LogP contribution in [0.2, 0.25) is 0 Å². The van der Waals surface area contributed by atoms with E-state index in [0.717, 1.165) is 40.6 Å². The molecule has 4 aromatic rings. The predicted molar refractivity (Wildman–Crippen MR) is 166 cm³/mol. The number of aromatic nitrogens is 4. The van der Waals surface area contributed by atoms with E-state index in [1.165, 1.54) is 0 Å². The summed E-state index contributed by atoms with van der Waals surface area (Å²) in [7, 11) is 4.91. The number of hydrogen-bond donors (Lipinski definition) is 1. The molecule has 0 atom stereocenters. The number of carbonyl (C=O) groups is 2. The summed E-state index contributed by atoms with van der Waals surface area (Å²) in [5.74, 6) is 1.91. The van der Waals surface area contributed by atoms with Crippen molar-refractivity contribution in [3.05, 3.63) is 69.0 Å². The number of imide groups is 1. The highest BCUT2D eigenvalue weighted by Gasteiger charge is 2.27. The van der Waals surface area contributed by atoms with Crippen molar-refractivity contribution in [2.45, 2.75) is 39.7 Å². The normalized spacial score (nSPS) is 14.3. The molecular formula is C31H33N5O6S. The SMILES string of the molecule is CCCc1nn(C)c2c(=O)n(CCCOc3ccc(/C(C)=C4/SC(=O)NC4=O)cc3)c(-c3ccc(OC)c(OC)c3)nc12. The predicted octanol–water partition coefficient (Wildman–Crippen LogP) is 4.95. The van der Waals surface area contributed by atoms with Gasteiger partial charge in [0, 0.05) is 19.2 Å². The molecule has 0 bridgehead atoms. The van der Waals surface area contributed by atoms with Crippen LogP contribution in [0.3, 0.4) is 0 Å². The van der Waals surface area contributed by atoms with E-state index >= 15 is 0 Å². The zero-order valence-corrected chi connectivity index (χ0v) is 25.5. The lowest BCUT2D eigenvalue weighted by Crippen LogP contribution is -2.25. The number of allylic oxidation sites excluding steroid dienone is 1. The second-order valence-electron chi connectivity index (χ2n) is 10.0. The molecule has 0 spiro atoms. The molecule has 2 aromatic carbocycles. The summed E-state index contributed by atoms with van der Waals surface area (Å²) < 4.78 is 20.2. The van der Waals surface area contributed by atoms with Crippen molar-refractivity contribution in [2.75, 3.05) is 20.8 Å². The van der Waals surface area contributed by atoms with Crippen LogP contribution in [0.4, 0.5) is 4.79 Å². The average Bonchev–Trinajstić information content (AvgIpc) is 3.52. The minimum absolute atomic E-state index is 0.174. The summed E-state index contributed by atoms with van der Waals surface area (Å²) in [4.78, 5) is 42.8. The largest absolute Gasteiger partial charge is 0.494 e. The average molecular weight is 604 g/mol. The van der Waals surface area contributed by atoms with Crippen LogP contribution >= 0.6 is 11.8 Å². The lowest BCUT2D eigenvalue weighted by molar-refractivity contribution is -0.115. The van der Waals surface area contributed by atoms with Gasteiger partial charge in [-0.05, 0) is 73.0 Å². The number of amides is 2. The Morgan fingerprint density at radius 2 is 1.77 bits per heavy atom. The van der Waals surface area contributed by atoms with Crippen molar-refractivity contribution >= 4 is 39.5 Å². The molecule has 1 aliphatic rings. The molecule has 0 radical (unpaired) electrons. The minimum atomic E-state index is -0.379. The van der Waals surface area contributed by atoms with E-state index in [9.17, 15) is 14.4 Å². The molecule has 0 saturated carbocycles. The third-order valence-corrected chi connectivity index (χ3v) is 8.16. The van der Waals surface area contributed by atoms with Crippen LogP contribution in [-0.4, -0.2) is 51.3 Å². The van der Waals surface area contributed by atoms with E-state index < -0.39 is 0 Å². The Morgan fingerprint density at radius 1 is 1.02 bits per heavy atom. The van der Waals surface area contributed by atoms with Crippen molar-refractivity contribution in [1.29, 1.82) is 0 Å². The molecule has 12 heteroatoms. The molecular weight excluding hydrogens is 570 g/mol. The molecule has 3 heterocycles. The van der Waals surface area contributed by atoms with Gasteiger partial charge in [-0.25, -0.2) is 4.98 Å². The maximum Gasteiger partial charge on any atom is 0.290 e. The number of rotatable bonds is 11. The zero-order chi connectivity index (χ0) is 30.7. The van der Waals surface area contributed by atoms with E-state index in [1.54, 1.807) is 36.6 Å². The second kappa shape index (κ2) is 12.7. The number of hydrogen-bond acceptors (Lipinski definition) is 9. The van der Waals surface area contributed by atoms with E-state index in [-0.39, 0.29) is 16.7 Å². The monoisotopic (exact) mass is 603 g/mol. The van der Waals surface area contributed by atoms with Gasteiger partial charge in [0.1, 0.15) is 17.1 Å². The molecule has 1 aliphatic heterocycles. The molecule has 224 valence electrons. The molecule has 5 rings (SSSR count). The van der Waals surface area contributed by atoms with Crippen LogP contribution in [0.1, 0.15) is 37.9 Å². The summed E-state index contributed by atoms with van der Waals surface area (Å²) in [6, 6.07) is 12.8. The lowest BCUT2D eigenvalue weighted by atomic mass is 10.1. The Hall–Kier alpha value is -4.58. The van der Waals surface area contributed by atoms with Crippen LogP contribution in [-0.2, 0) is 24.8 Å². The molecule has 2 amide bonds. The fraction of sp³-hybridized carbons (Fsp3) is 0.323. The van der Waals surface area contributed by atoms with Crippen molar-refractivity contribution in [3.63, 3.8) is 0 Å². The molecule has 2 aromatic heterocycles. The van der Waals surface area contributed by atoms with Crippen molar-refractivity contribution in [3.8, 4) is 28.6 Å². The molecule has 1 saturated heterocycles. The van der Waals surface area contributed by atoms with Gasteiger partial charge >= 0.3 is 0 Å². The molecule has 43 heavy (non-hydrogen) atoms. The Bertz CT molecular complexity index is 1790. The van der Waals surface area contributed by atoms with E-state index in [4.69, 9.17) is 19.2 Å². The number of benzene rings is 2. The van der Waals surface area contributed by atoms with E-state index in [1.807, 2.05) is 43.3 Å². The van der Waals surface area contributed by atoms with Gasteiger partial charge in [-0.1, -0.05) is 25.5 Å². The van der Waals surface area contributed by atoms with Gasteiger partial charge < -0.3 is 14.2 Å². The highest BCUT2D eigenvalue weighted by Crippen LogP contribution is 2.33. The van der Waals surface area contributed by atoms with Crippen molar-refractivity contribution in [1.82, 2.24) is 24.6 Å². The smallest absolute Gasteiger partial charge is 0.290 e. The standard InChI is InChI=1S/C31H33N5O6S/c1-6-8-22-25-26(35(3)34-22)30(38)36(28(32-25)20-11-14-23(40-4)24(17-20)41-5)15-7-16-42-21-12-9-19(10-13-21)18(2)27-29(37)33-31(39)43-27/h9-14,17H,6-8,15-16H2,1-5H3,(H,33,37,39)/b27-18+. The first-order chi connectivity index (χ1) is 20.7. The Kier molecular flexibility index (Phi) is 8.86. The molecule has 0 aliphatic carbocycles. The quantitative estimate of drug-likeness (QED) is 0.187. The highest BCUT2D eigenvalue weighted by molar-refractivity contribution is 8.18. The summed E-state index contributed by atoms with van der Waals surface area (Å²) in [5, 5.41) is 6.51. The number of carbonyl (C=O) groups excluding carboxylic acids is 2. The van der Waals surface area contributed by atoms with Gasteiger partial charge in [-0.3, -0.25) is 28.9 Å². The number of nitrogens with one attached hydrogen (secondary N) is 1. The fourth-order valence-corrected chi connectivity index (χ4v) is 5.77. The Balaban J connectivity index is 1.39. The summed E-state index contributed by atoms with van der Waals surface area (Å²) in [5.41, 5.74) is 3.96. The van der Waals surface area contributed by atoms with Gasteiger partial charge in [0.05, 0.1) is 31.4 Å². The molecule has 1 fully saturated rings. The molecule has 11 nitrogen and oxygen atoms in total. The first-order valence-electron chi connectivity index (χ1n) is 13.9. The third-order valence-electron chi connectivity index (χ3n) is 7.18. The van der Waals surface area contributed by atoms with Crippen LogP contribution in [0.5, 0.6) is 17.2 Å². The number of aryl methyl sites for hydroxylation is 2. The van der Waals surface area contributed by atoms with Crippen LogP contribution in [0.25, 0.3) is 28.0 Å². The molecule has 1 N–H and O–H groups in total. The zero-order valence-electron chi connectivity index (χ0n) is 24.7. The summed E-state index contributed by atoms with van der Waals surface area (Å²) in [6.07, 6.45) is 2.13. The maximum absolute atomic E-state index is 13.9. The first kappa shape index (κ1) is 29.9. The van der Waals surface area contributed by atoms with Crippen LogP contribution in [0, 0.1) is 0 Å². The Morgan fingerprint density at radius 3 is 2.42 bits per heavy atom. The third kappa shape index (κ3) is 6.00. The number of methoxy groups -OCH3 is 2. The maximum atomic E-state index is 13.9. The topological polar surface area (TPSA) is 127 Å². The second-order valence-corrected chi connectivity index (χ2v) is 11.0. The summed E-state index contributed by atoms with van der Waals surface area (Å²) >= 11 is 0.902. The van der Waals surface area contributed by atoms with Crippen molar-refractivity contribution < 1.29 is 23.8 Å². The van der Waals surface area contributed by atoms with Gasteiger partial charge in [-0.2, -0.15) is 5.10 Å². The minimum Gasteiger partial charge on any atom is -0.494 e. The Labute approximate surface area is 252 Å². The number of thioether (sulfide) groups is 1. The molecule has 0 unspecified atom stereocenters. The fourth-order valence-electron chi connectivity index (χ4n) is 5.03.